The highest BCUT2D eigenvalue weighted by Gasteiger charge is 2.13. The van der Waals surface area contributed by atoms with Gasteiger partial charge in [-0.3, -0.25) is 4.68 Å². The molecule has 2 aromatic rings. The molecule has 0 spiro atoms. The minimum absolute atomic E-state index is 0.0138. The fourth-order valence-corrected chi connectivity index (χ4v) is 2.30. The van der Waals surface area contributed by atoms with E-state index in [-0.39, 0.29) is 12.4 Å². The van der Waals surface area contributed by atoms with E-state index in [1.165, 1.54) is 6.07 Å². The normalized spacial score (nSPS) is 11.0. The Balaban J connectivity index is 2.14. The van der Waals surface area contributed by atoms with Crippen LogP contribution >= 0.6 is 0 Å². The van der Waals surface area contributed by atoms with Crippen LogP contribution in [0.2, 0.25) is 0 Å². The lowest BCUT2D eigenvalue weighted by atomic mass is 10.2. The van der Waals surface area contributed by atoms with Gasteiger partial charge in [0.25, 0.3) is 0 Å². The number of rotatable bonds is 7. The van der Waals surface area contributed by atoms with E-state index in [1.54, 1.807) is 22.9 Å². The summed E-state index contributed by atoms with van der Waals surface area (Å²) in [5, 5.41) is 16.5. The van der Waals surface area contributed by atoms with Gasteiger partial charge in [0.1, 0.15) is 5.75 Å². The van der Waals surface area contributed by atoms with Crippen molar-refractivity contribution in [3.8, 4) is 5.75 Å². The predicted octanol–water partition coefficient (Wildman–Crippen LogP) is 2.71. The van der Waals surface area contributed by atoms with Gasteiger partial charge in [-0.2, -0.15) is 13.9 Å². The summed E-state index contributed by atoms with van der Waals surface area (Å²) >= 11 is 0. The molecule has 0 radical (unpaired) electrons. The molecular weight excluding hydrogens is 292 g/mol. The van der Waals surface area contributed by atoms with Crippen molar-refractivity contribution in [2.45, 2.75) is 33.5 Å². The molecule has 0 saturated heterocycles. The number of hydrogen-bond donors (Lipinski definition) is 2. The Morgan fingerprint density at radius 1 is 1.32 bits per heavy atom. The number of nitrogens with one attached hydrogen (secondary N) is 1. The zero-order valence-electron chi connectivity index (χ0n) is 12.5. The number of halogens is 2. The van der Waals surface area contributed by atoms with Crippen molar-refractivity contribution in [2.75, 3.05) is 11.9 Å². The van der Waals surface area contributed by atoms with Gasteiger partial charge in [-0.05, 0) is 26.0 Å². The van der Waals surface area contributed by atoms with Crippen molar-refractivity contribution in [2.24, 2.45) is 0 Å². The summed E-state index contributed by atoms with van der Waals surface area (Å²) in [4.78, 5) is 0. The van der Waals surface area contributed by atoms with E-state index in [0.717, 1.165) is 17.0 Å². The quantitative estimate of drug-likeness (QED) is 0.825. The monoisotopic (exact) mass is 311 g/mol. The topological polar surface area (TPSA) is 59.3 Å². The summed E-state index contributed by atoms with van der Waals surface area (Å²) in [6.07, 6.45) is 0. The van der Waals surface area contributed by atoms with Crippen molar-refractivity contribution in [3.05, 3.63) is 41.2 Å². The minimum atomic E-state index is -2.86. The van der Waals surface area contributed by atoms with Crippen LogP contribution in [0.15, 0.2) is 24.3 Å². The number of anilines is 1. The Kier molecular flexibility index (Phi) is 5.32. The van der Waals surface area contributed by atoms with Crippen molar-refractivity contribution >= 4 is 5.69 Å². The van der Waals surface area contributed by atoms with Crippen LogP contribution in [-0.4, -0.2) is 28.1 Å². The van der Waals surface area contributed by atoms with E-state index in [0.29, 0.717) is 18.8 Å². The number of nitrogens with zero attached hydrogens (tertiary/aromatic N) is 2. The molecule has 5 nitrogen and oxygen atoms in total. The van der Waals surface area contributed by atoms with Gasteiger partial charge < -0.3 is 15.2 Å². The van der Waals surface area contributed by atoms with Gasteiger partial charge in [-0.15, -0.1) is 0 Å². The van der Waals surface area contributed by atoms with Crippen LogP contribution in [0.1, 0.15) is 17.0 Å². The molecule has 7 heteroatoms. The van der Waals surface area contributed by atoms with Gasteiger partial charge in [0.15, 0.2) is 0 Å². The first-order valence-electron chi connectivity index (χ1n) is 6.94. The van der Waals surface area contributed by atoms with Crippen molar-refractivity contribution in [1.29, 1.82) is 0 Å². The van der Waals surface area contributed by atoms with E-state index >= 15 is 0 Å². The molecule has 0 aliphatic carbocycles. The molecular formula is C15H19F2N3O2. The molecule has 0 aliphatic heterocycles. The summed E-state index contributed by atoms with van der Waals surface area (Å²) in [6, 6.07) is 6.55. The smallest absolute Gasteiger partial charge is 0.387 e. The molecule has 22 heavy (non-hydrogen) atoms. The van der Waals surface area contributed by atoms with E-state index < -0.39 is 6.61 Å². The largest absolute Gasteiger partial charge is 0.433 e. The van der Waals surface area contributed by atoms with Gasteiger partial charge in [0, 0.05) is 17.8 Å². The van der Waals surface area contributed by atoms with Crippen LogP contribution in [0.25, 0.3) is 0 Å². The molecule has 0 unspecified atom stereocenters. The molecule has 2 N–H and O–H groups in total. The average molecular weight is 311 g/mol. The summed E-state index contributed by atoms with van der Waals surface area (Å²) in [6.45, 7) is 1.80. The molecule has 0 bridgehead atoms. The van der Waals surface area contributed by atoms with Gasteiger partial charge in [0.2, 0.25) is 0 Å². The van der Waals surface area contributed by atoms with Crippen molar-refractivity contribution < 1.29 is 18.6 Å². The Hall–Kier alpha value is -2.15. The minimum Gasteiger partial charge on any atom is -0.433 e. The molecule has 0 saturated carbocycles. The Morgan fingerprint density at radius 3 is 2.73 bits per heavy atom. The molecule has 1 aromatic heterocycles. The van der Waals surface area contributed by atoms with E-state index in [2.05, 4.69) is 15.2 Å². The number of ether oxygens (including phenoxy) is 1. The summed E-state index contributed by atoms with van der Waals surface area (Å²) in [7, 11) is 0. The van der Waals surface area contributed by atoms with E-state index in [4.69, 9.17) is 5.11 Å². The van der Waals surface area contributed by atoms with E-state index in [9.17, 15) is 8.78 Å². The van der Waals surface area contributed by atoms with E-state index in [1.807, 2.05) is 13.8 Å². The number of para-hydroxylation sites is 2. The van der Waals surface area contributed by atoms with Crippen LogP contribution in [-0.2, 0) is 13.1 Å². The predicted molar refractivity (Wildman–Crippen MR) is 79.2 cm³/mol. The standard InChI is InChI=1S/C15H19F2N3O2/c1-10-12(11(2)20(19-10)7-8-21)9-18-13-5-3-4-6-14(13)22-15(16)17/h3-6,15,18,21H,7-9H2,1-2H3. The Bertz CT molecular complexity index is 629. The van der Waals surface area contributed by atoms with Crippen LogP contribution in [0, 0.1) is 13.8 Å². The zero-order valence-corrected chi connectivity index (χ0v) is 12.5. The van der Waals surface area contributed by atoms with Gasteiger partial charge in [-0.25, -0.2) is 0 Å². The molecule has 0 atom stereocenters. The number of aryl methyl sites for hydroxylation is 1. The highest BCUT2D eigenvalue weighted by Crippen LogP contribution is 2.26. The van der Waals surface area contributed by atoms with Crippen LogP contribution < -0.4 is 10.1 Å². The highest BCUT2D eigenvalue weighted by molar-refractivity contribution is 5.56. The second-order valence-corrected chi connectivity index (χ2v) is 4.82. The lowest BCUT2D eigenvalue weighted by Crippen LogP contribution is -2.08. The third-order valence-corrected chi connectivity index (χ3v) is 3.40. The van der Waals surface area contributed by atoms with Gasteiger partial charge in [-0.1, -0.05) is 12.1 Å². The summed E-state index contributed by atoms with van der Waals surface area (Å²) < 4.78 is 31.0. The molecule has 1 aromatic carbocycles. The van der Waals surface area contributed by atoms with Gasteiger partial charge in [0.05, 0.1) is 24.5 Å². The lowest BCUT2D eigenvalue weighted by molar-refractivity contribution is -0.0493. The maximum Gasteiger partial charge on any atom is 0.387 e. The SMILES string of the molecule is Cc1nn(CCO)c(C)c1CNc1ccccc1OC(F)F. The lowest BCUT2D eigenvalue weighted by Gasteiger charge is -2.12. The molecule has 1 heterocycles. The first kappa shape index (κ1) is 16.2. The number of aromatic nitrogens is 2. The summed E-state index contributed by atoms with van der Waals surface area (Å²) in [5.74, 6) is 0.107. The number of alkyl halides is 2. The molecule has 2 rings (SSSR count). The first-order chi connectivity index (χ1) is 10.5. The maximum atomic E-state index is 12.4. The average Bonchev–Trinajstić information content (AvgIpc) is 2.73. The Labute approximate surface area is 127 Å². The first-order valence-corrected chi connectivity index (χ1v) is 6.94. The zero-order chi connectivity index (χ0) is 16.1. The van der Waals surface area contributed by atoms with Crippen LogP contribution in [0.5, 0.6) is 5.75 Å². The Morgan fingerprint density at radius 2 is 2.05 bits per heavy atom. The van der Waals surface area contributed by atoms with Gasteiger partial charge >= 0.3 is 6.61 Å². The van der Waals surface area contributed by atoms with Crippen LogP contribution in [0.4, 0.5) is 14.5 Å². The van der Waals surface area contributed by atoms with Crippen molar-refractivity contribution in [3.63, 3.8) is 0 Å². The number of aliphatic hydroxyl groups is 1. The second kappa shape index (κ2) is 7.22. The number of benzene rings is 1. The number of aliphatic hydroxyl groups excluding tert-OH is 1. The van der Waals surface area contributed by atoms with Crippen LogP contribution in [0.3, 0.4) is 0 Å². The second-order valence-electron chi connectivity index (χ2n) is 4.82. The fraction of sp³-hybridized carbons (Fsp3) is 0.400. The molecule has 0 amide bonds. The third kappa shape index (κ3) is 3.73. The molecule has 0 aliphatic rings. The molecule has 120 valence electrons. The third-order valence-electron chi connectivity index (χ3n) is 3.40. The molecule has 0 fully saturated rings. The maximum absolute atomic E-state index is 12.4. The summed E-state index contributed by atoms with van der Waals surface area (Å²) in [5.41, 5.74) is 3.24. The number of hydrogen-bond acceptors (Lipinski definition) is 4. The fourth-order valence-electron chi connectivity index (χ4n) is 2.30. The van der Waals surface area contributed by atoms with Crippen molar-refractivity contribution in [1.82, 2.24) is 9.78 Å². The highest BCUT2D eigenvalue weighted by atomic mass is 19.3.